The van der Waals surface area contributed by atoms with Crippen molar-refractivity contribution in [2.75, 3.05) is 12.5 Å². The maximum absolute atomic E-state index is 5.81. The first-order chi connectivity index (χ1) is 6.74. The molecule has 0 saturated heterocycles. The third-order valence-corrected chi connectivity index (χ3v) is 1.90. The Balaban J connectivity index is 2.68. The van der Waals surface area contributed by atoms with E-state index in [4.69, 9.17) is 11.6 Å². The van der Waals surface area contributed by atoms with Crippen LogP contribution in [0.4, 0.5) is 5.69 Å². The van der Waals surface area contributed by atoms with E-state index < -0.39 is 0 Å². The lowest BCUT2D eigenvalue weighted by Crippen LogP contribution is -1.92. The fourth-order valence-corrected chi connectivity index (χ4v) is 1.19. The molecule has 0 saturated carbocycles. The maximum Gasteiger partial charge on any atom is 0.0650 e. The molecule has 1 aromatic rings. The molecule has 3 nitrogen and oxygen atoms in total. The van der Waals surface area contributed by atoms with Crippen molar-refractivity contribution in [2.45, 2.75) is 6.92 Å². The minimum absolute atomic E-state index is 0.729. The second kappa shape index (κ2) is 5.40. The van der Waals surface area contributed by atoms with Gasteiger partial charge >= 0.3 is 0 Å². The second-order valence-corrected chi connectivity index (χ2v) is 3.19. The highest BCUT2D eigenvalue weighted by atomic mass is 35.5. The van der Waals surface area contributed by atoms with Crippen LogP contribution < -0.4 is 5.43 Å². The lowest BCUT2D eigenvalue weighted by atomic mass is 10.2. The summed E-state index contributed by atoms with van der Waals surface area (Å²) in [5.41, 5.74) is 4.89. The number of aliphatic imine (C=N–C) groups is 1. The molecule has 1 aromatic carbocycles. The number of benzene rings is 1. The van der Waals surface area contributed by atoms with Gasteiger partial charge in [0.1, 0.15) is 0 Å². The average molecular weight is 210 g/mol. The van der Waals surface area contributed by atoms with Crippen LogP contribution in [0.15, 0.2) is 28.3 Å². The third-order valence-electron chi connectivity index (χ3n) is 1.66. The lowest BCUT2D eigenvalue weighted by molar-refractivity contribution is 1.31. The van der Waals surface area contributed by atoms with Gasteiger partial charge in [-0.05, 0) is 30.7 Å². The number of hydrogen-bond acceptors (Lipinski definition) is 3. The van der Waals surface area contributed by atoms with Crippen molar-refractivity contribution in [3.05, 3.63) is 28.8 Å². The fourth-order valence-electron chi connectivity index (χ4n) is 0.959. The summed E-state index contributed by atoms with van der Waals surface area (Å²) in [5, 5.41) is 4.68. The first-order valence-electron chi connectivity index (χ1n) is 4.20. The Hall–Kier alpha value is -1.35. The number of rotatable bonds is 3. The summed E-state index contributed by atoms with van der Waals surface area (Å²) >= 11 is 5.81. The lowest BCUT2D eigenvalue weighted by Gasteiger charge is -2.03. The molecule has 0 aliphatic carbocycles. The zero-order chi connectivity index (χ0) is 10.4. The van der Waals surface area contributed by atoms with Gasteiger partial charge in [0, 0.05) is 18.3 Å². The fraction of sp³-hybridized carbons (Fsp3) is 0.200. The Morgan fingerprint density at radius 2 is 2.14 bits per heavy atom. The number of nitrogens with one attached hydrogen (secondary N) is 1. The van der Waals surface area contributed by atoms with E-state index in [2.05, 4.69) is 15.5 Å². The Labute approximate surface area is 88.5 Å². The molecule has 4 heteroatoms. The van der Waals surface area contributed by atoms with Crippen molar-refractivity contribution < 1.29 is 0 Å². The smallest absolute Gasteiger partial charge is 0.0650 e. The minimum atomic E-state index is 0.729. The summed E-state index contributed by atoms with van der Waals surface area (Å²) in [5.74, 6) is 0. The van der Waals surface area contributed by atoms with Crippen LogP contribution in [-0.2, 0) is 0 Å². The van der Waals surface area contributed by atoms with Crippen LogP contribution in [-0.4, -0.2) is 19.5 Å². The quantitative estimate of drug-likeness (QED) is 0.603. The largest absolute Gasteiger partial charge is 0.295 e. The first-order valence-corrected chi connectivity index (χ1v) is 4.58. The summed E-state index contributed by atoms with van der Waals surface area (Å²) in [6, 6.07) is 5.59. The van der Waals surface area contributed by atoms with Crippen molar-refractivity contribution in [1.29, 1.82) is 0 Å². The predicted octanol–water partition coefficient (Wildman–Crippen LogP) is 2.75. The topological polar surface area (TPSA) is 36.8 Å². The Morgan fingerprint density at radius 3 is 2.79 bits per heavy atom. The van der Waals surface area contributed by atoms with Gasteiger partial charge in [-0.25, -0.2) is 0 Å². The number of aryl methyl sites for hydroxylation is 1. The molecule has 0 radical (unpaired) electrons. The average Bonchev–Trinajstić information content (AvgIpc) is 2.15. The number of hydrazone groups is 1. The highest BCUT2D eigenvalue weighted by Crippen LogP contribution is 2.19. The van der Waals surface area contributed by atoms with Gasteiger partial charge in [-0.1, -0.05) is 11.6 Å². The van der Waals surface area contributed by atoms with Crippen LogP contribution in [0.25, 0.3) is 0 Å². The molecule has 0 fully saturated rings. The van der Waals surface area contributed by atoms with Gasteiger partial charge < -0.3 is 0 Å². The number of hydrogen-bond donors (Lipinski definition) is 1. The van der Waals surface area contributed by atoms with E-state index >= 15 is 0 Å². The van der Waals surface area contributed by atoms with Crippen molar-refractivity contribution >= 4 is 29.7 Å². The van der Waals surface area contributed by atoms with E-state index in [-0.39, 0.29) is 0 Å². The first kappa shape index (κ1) is 10.7. The molecule has 0 heterocycles. The molecule has 0 aliphatic heterocycles. The highest BCUT2D eigenvalue weighted by Gasteiger charge is 1.95. The van der Waals surface area contributed by atoms with E-state index in [9.17, 15) is 0 Å². The molecule has 0 aromatic heterocycles. The molecule has 0 spiro atoms. The van der Waals surface area contributed by atoms with Crippen LogP contribution in [0.3, 0.4) is 0 Å². The van der Waals surface area contributed by atoms with Crippen LogP contribution in [0.5, 0.6) is 0 Å². The van der Waals surface area contributed by atoms with Gasteiger partial charge in [0.25, 0.3) is 0 Å². The molecule has 0 bridgehead atoms. The Morgan fingerprint density at radius 1 is 1.36 bits per heavy atom. The number of anilines is 1. The van der Waals surface area contributed by atoms with E-state index in [1.54, 1.807) is 19.5 Å². The molecule has 0 atom stereocenters. The molecule has 1 rings (SSSR count). The molecule has 0 amide bonds. The third kappa shape index (κ3) is 3.18. The highest BCUT2D eigenvalue weighted by molar-refractivity contribution is 6.30. The molecule has 14 heavy (non-hydrogen) atoms. The molecular weight excluding hydrogens is 198 g/mol. The second-order valence-electron chi connectivity index (χ2n) is 2.76. The maximum atomic E-state index is 5.81. The van der Waals surface area contributed by atoms with E-state index in [1.807, 2.05) is 25.1 Å². The van der Waals surface area contributed by atoms with Crippen LogP contribution in [0.2, 0.25) is 5.02 Å². The molecular formula is C10H12ClN3. The number of nitrogens with zero attached hydrogens (tertiary/aromatic N) is 2. The molecule has 0 aliphatic rings. The van der Waals surface area contributed by atoms with Gasteiger partial charge in [-0.2, -0.15) is 5.10 Å². The van der Waals surface area contributed by atoms with E-state index in [0.717, 1.165) is 16.3 Å². The van der Waals surface area contributed by atoms with Gasteiger partial charge in [0.2, 0.25) is 0 Å². The number of halogens is 1. The van der Waals surface area contributed by atoms with E-state index in [1.165, 1.54) is 0 Å². The van der Waals surface area contributed by atoms with Gasteiger partial charge in [-0.3, -0.25) is 10.4 Å². The van der Waals surface area contributed by atoms with Crippen molar-refractivity contribution in [1.82, 2.24) is 0 Å². The van der Waals surface area contributed by atoms with Gasteiger partial charge in [0.15, 0.2) is 0 Å². The Bertz CT molecular complexity index is 358. The van der Waals surface area contributed by atoms with Gasteiger partial charge in [-0.15, -0.1) is 0 Å². The SMILES string of the molecule is CN=C/C=N\Nc1ccc(Cl)cc1C. The Kier molecular flexibility index (Phi) is 4.13. The standard InChI is InChI=1S/C10H12ClN3/c1-8-7-9(11)3-4-10(8)14-13-6-5-12-2/h3-7,14H,1-2H3/b12-5?,13-6-. The van der Waals surface area contributed by atoms with Crippen molar-refractivity contribution in [2.24, 2.45) is 10.1 Å². The minimum Gasteiger partial charge on any atom is -0.295 e. The normalized spacial score (nSPS) is 11.4. The summed E-state index contributed by atoms with van der Waals surface area (Å²) in [6.45, 7) is 1.97. The summed E-state index contributed by atoms with van der Waals surface area (Å²) < 4.78 is 0. The van der Waals surface area contributed by atoms with Crippen LogP contribution in [0.1, 0.15) is 5.56 Å². The molecule has 1 N–H and O–H groups in total. The summed E-state index contributed by atoms with van der Waals surface area (Å²) in [4.78, 5) is 3.77. The predicted molar refractivity (Wildman–Crippen MR) is 62.7 cm³/mol. The summed E-state index contributed by atoms with van der Waals surface area (Å²) in [7, 11) is 1.69. The zero-order valence-corrected chi connectivity index (χ0v) is 8.92. The van der Waals surface area contributed by atoms with Crippen molar-refractivity contribution in [3.63, 3.8) is 0 Å². The van der Waals surface area contributed by atoms with Crippen LogP contribution >= 0.6 is 11.6 Å². The molecule has 74 valence electrons. The molecule has 0 unspecified atom stereocenters. The van der Waals surface area contributed by atoms with Gasteiger partial charge in [0.05, 0.1) is 11.9 Å². The summed E-state index contributed by atoms with van der Waals surface area (Å²) in [6.07, 6.45) is 3.20. The van der Waals surface area contributed by atoms with E-state index in [0.29, 0.717) is 0 Å². The van der Waals surface area contributed by atoms with Crippen molar-refractivity contribution in [3.8, 4) is 0 Å². The van der Waals surface area contributed by atoms with Crippen LogP contribution in [0, 0.1) is 6.92 Å². The zero-order valence-electron chi connectivity index (χ0n) is 8.16. The monoisotopic (exact) mass is 209 g/mol.